The van der Waals surface area contributed by atoms with Gasteiger partial charge in [0.2, 0.25) is 5.90 Å². The molecule has 0 aromatic heterocycles. The number of aliphatic hydroxyl groups excluding tert-OH is 1. The van der Waals surface area contributed by atoms with E-state index in [0.717, 1.165) is 12.0 Å². The van der Waals surface area contributed by atoms with Crippen molar-refractivity contribution >= 4 is 11.8 Å². The van der Waals surface area contributed by atoms with Crippen LogP contribution >= 0.6 is 0 Å². The Morgan fingerprint density at radius 3 is 2.81 bits per heavy atom. The molecule has 0 bridgehead atoms. The zero-order chi connectivity index (χ0) is 19.5. The summed E-state index contributed by atoms with van der Waals surface area (Å²) in [6.07, 6.45) is 3.40. The largest absolute Gasteiger partial charge is 0.494 e. The molecule has 0 radical (unpaired) electrons. The second kappa shape index (κ2) is 10.7. The molecule has 27 heavy (non-hydrogen) atoms. The molecule has 7 heteroatoms. The van der Waals surface area contributed by atoms with Gasteiger partial charge in [-0.25, -0.2) is 4.99 Å². The van der Waals surface area contributed by atoms with Gasteiger partial charge in [0.05, 0.1) is 6.61 Å². The van der Waals surface area contributed by atoms with E-state index < -0.39 is 5.54 Å². The smallest absolute Gasteiger partial charge is 0.251 e. The highest BCUT2D eigenvalue weighted by Gasteiger charge is 2.43. The minimum Gasteiger partial charge on any atom is -0.494 e. The molecule has 0 spiro atoms. The monoisotopic (exact) mass is 376 g/mol. The molecule has 0 aliphatic carbocycles. The van der Waals surface area contributed by atoms with Crippen molar-refractivity contribution in [3.63, 3.8) is 0 Å². The Bertz CT molecular complexity index is 644. The maximum absolute atomic E-state index is 12.7. The molecular weight excluding hydrogens is 348 g/mol. The van der Waals surface area contributed by atoms with Gasteiger partial charge in [-0.3, -0.25) is 4.79 Å². The number of ether oxygens (including phenoxy) is 3. The molecule has 7 nitrogen and oxygen atoms in total. The maximum atomic E-state index is 12.7. The van der Waals surface area contributed by atoms with Gasteiger partial charge in [-0.05, 0) is 30.7 Å². The predicted molar refractivity (Wildman–Crippen MR) is 103 cm³/mol. The summed E-state index contributed by atoms with van der Waals surface area (Å²) in [5.74, 6) is 0.974. The second-order valence-electron chi connectivity index (χ2n) is 6.28. The first-order chi connectivity index (χ1) is 13.1. The van der Waals surface area contributed by atoms with Gasteiger partial charge < -0.3 is 24.6 Å². The molecule has 1 amide bonds. The zero-order valence-electron chi connectivity index (χ0n) is 15.8. The van der Waals surface area contributed by atoms with E-state index in [4.69, 9.17) is 19.3 Å². The Balaban J connectivity index is 2.05. The van der Waals surface area contributed by atoms with Crippen LogP contribution in [0.2, 0.25) is 0 Å². The van der Waals surface area contributed by atoms with Gasteiger partial charge in [0, 0.05) is 45.3 Å². The first-order valence-electron chi connectivity index (χ1n) is 9.10. The molecule has 1 aliphatic rings. The number of carbonyl (C=O) groups excluding carboxylic acids is 1. The number of hydrogen-bond acceptors (Lipinski definition) is 6. The van der Waals surface area contributed by atoms with Gasteiger partial charge in [0.25, 0.3) is 5.91 Å². The Morgan fingerprint density at radius 2 is 2.15 bits per heavy atom. The van der Waals surface area contributed by atoms with Crippen LogP contribution in [-0.4, -0.2) is 62.5 Å². The van der Waals surface area contributed by atoms with Gasteiger partial charge in [-0.2, -0.15) is 0 Å². The quantitative estimate of drug-likeness (QED) is 0.428. The van der Waals surface area contributed by atoms with Gasteiger partial charge in [0.15, 0.2) is 5.54 Å². The molecule has 0 saturated carbocycles. The summed E-state index contributed by atoms with van der Waals surface area (Å²) in [5, 5.41) is 11.7. The first kappa shape index (κ1) is 20.9. The minimum atomic E-state index is -0.986. The fraction of sp³-hybridized carbons (Fsp3) is 0.500. The topological polar surface area (TPSA) is 89.4 Å². The Labute approximate surface area is 160 Å². The first-order valence-corrected chi connectivity index (χ1v) is 9.10. The zero-order valence-corrected chi connectivity index (χ0v) is 15.8. The van der Waals surface area contributed by atoms with E-state index in [0.29, 0.717) is 44.2 Å². The number of aliphatic imine (C=N–C) groups is 1. The molecule has 0 fully saturated rings. The van der Waals surface area contributed by atoms with E-state index >= 15 is 0 Å². The van der Waals surface area contributed by atoms with Gasteiger partial charge in [0.1, 0.15) is 12.4 Å². The average Bonchev–Trinajstić information content (AvgIpc) is 3.12. The van der Waals surface area contributed by atoms with Crippen LogP contribution in [0.15, 0.2) is 41.9 Å². The second-order valence-corrected chi connectivity index (χ2v) is 6.28. The van der Waals surface area contributed by atoms with Crippen molar-refractivity contribution in [1.29, 1.82) is 0 Å². The van der Waals surface area contributed by atoms with E-state index in [1.165, 1.54) is 0 Å². The molecule has 1 aromatic carbocycles. The molecule has 1 aromatic rings. The molecule has 2 rings (SSSR count). The van der Waals surface area contributed by atoms with Crippen LogP contribution in [-0.2, 0) is 14.3 Å². The van der Waals surface area contributed by atoms with Crippen LogP contribution in [0.3, 0.4) is 0 Å². The maximum Gasteiger partial charge on any atom is 0.251 e. The molecule has 1 atom stereocenters. The molecule has 1 aliphatic heterocycles. The van der Waals surface area contributed by atoms with E-state index in [1.807, 2.05) is 24.3 Å². The Morgan fingerprint density at radius 1 is 1.37 bits per heavy atom. The van der Waals surface area contributed by atoms with E-state index in [-0.39, 0.29) is 19.1 Å². The summed E-state index contributed by atoms with van der Waals surface area (Å²) >= 11 is 0. The van der Waals surface area contributed by atoms with Gasteiger partial charge >= 0.3 is 0 Å². The number of benzene rings is 1. The molecular formula is C20H28N2O5. The van der Waals surface area contributed by atoms with Gasteiger partial charge in [-0.15, -0.1) is 6.58 Å². The standard InChI is InChI=1S/C20H28N2O5/c1-3-10-20(19(24)21-11-4-13-25-2)15-27-18(22-20)16-6-8-17(9-7-16)26-14-5-12-23/h3,6-9,23H,1,4-5,10-15H2,2H3,(H,21,24)/t20-/m1/s1. The lowest BCUT2D eigenvalue weighted by Crippen LogP contribution is -2.46. The van der Waals surface area contributed by atoms with Crippen LogP contribution in [0.5, 0.6) is 5.75 Å². The summed E-state index contributed by atoms with van der Waals surface area (Å²) in [6.45, 7) is 5.60. The van der Waals surface area contributed by atoms with Crippen molar-refractivity contribution < 1.29 is 24.1 Å². The lowest BCUT2D eigenvalue weighted by atomic mass is 9.96. The molecule has 1 heterocycles. The van der Waals surface area contributed by atoms with E-state index in [2.05, 4.69) is 16.9 Å². The summed E-state index contributed by atoms with van der Waals surface area (Å²) in [5.41, 5.74) is -0.205. The normalized spacial score (nSPS) is 18.5. The number of aliphatic hydroxyl groups is 1. The third-order valence-corrected chi connectivity index (χ3v) is 4.15. The predicted octanol–water partition coefficient (Wildman–Crippen LogP) is 1.69. The van der Waals surface area contributed by atoms with E-state index in [9.17, 15) is 4.79 Å². The van der Waals surface area contributed by atoms with Crippen molar-refractivity contribution in [2.75, 3.05) is 40.1 Å². The molecule has 148 valence electrons. The van der Waals surface area contributed by atoms with E-state index in [1.54, 1.807) is 13.2 Å². The van der Waals surface area contributed by atoms with Crippen LogP contribution in [0, 0.1) is 0 Å². The van der Waals surface area contributed by atoms with Crippen molar-refractivity contribution in [3.05, 3.63) is 42.5 Å². The van der Waals surface area contributed by atoms with Crippen molar-refractivity contribution in [2.24, 2.45) is 4.99 Å². The average molecular weight is 376 g/mol. The fourth-order valence-electron chi connectivity index (χ4n) is 2.68. The fourth-order valence-corrected chi connectivity index (χ4v) is 2.68. The Kier molecular flexibility index (Phi) is 8.29. The minimum absolute atomic E-state index is 0.0989. The highest BCUT2D eigenvalue weighted by molar-refractivity contribution is 6.00. The highest BCUT2D eigenvalue weighted by Crippen LogP contribution is 2.27. The van der Waals surface area contributed by atoms with Crippen LogP contribution < -0.4 is 10.1 Å². The number of amides is 1. The molecule has 2 N–H and O–H groups in total. The summed E-state index contributed by atoms with van der Waals surface area (Å²) < 4.78 is 16.2. The lowest BCUT2D eigenvalue weighted by molar-refractivity contribution is -0.126. The molecule has 0 saturated heterocycles. The van der Waals surface area contributed by atoms with Crippen LogP contribution in [0.25, 0.3) is 0 Å². The summed E-state index contributed by atoms with van der Waals surface area (Å²) in [4.78, 5) is 17.3. The number of methoxy groups -OCH3 is 1. The number of carbonyl (C=O) groups is 1. The number of rotatable bonds is 12. The Hall–Kier alpha value is -2.38. The lowest BCUT2D eigenvalue weighted by Gasteiger charge is -2.21. The van der Waals surface area contributed by atoms with Crippen LogP contribution in [0.4, 0.5) is 0 Å². The number of nitrogens with one attached hydrogen (secondary N) is 1. The van der Waals surface area contributed by atoms with Crippen molar-refractivity contribution in [3.8, 4) is 5.75 Å². The van der Waals surface area contributed by atoms with Crippen molar-refractivity contribution in [2.45, 2.75) is 24.8 Å². The number of hydrogen-bond donors (Lipinski definition) is 2. The summed E-state index contributed by atoms with van der Waals surface area (Å²) in [7, 11) is 1.63. The summed E-state index contributed by atoms with van der Waals surface area (Å²) in [6, 6.07) is 7.31. The van der Waals surface area contributed by atoms with Crippen LogP contribution in [0.1, 0.15) is 24.8 Å². The third-order valence-electron chi connectivity index (χ3n) is 4.15. The highest BCUT2D eigenvalue weighted by atomic mass is 16.5. The third kappa shape index (κ3) is 5.80. The SMILES string of the molecule is C=CC[C@]1(C(=O)NCCCOC)COC(c2ccc(OCCCO)cc2)=N1. The van der Waals surface area contributed by atoms with Crippen molar-refractivity contribution in [1.82, 2.24) is 5.32 Å². The van der Waals surface area contributed by atoms with Gasteiger partial charge in [-0.1, -0.05) is 6.08 Å². The number of nitrogens with zero attached hydrogens (tertiary/aromatic N) is 1. The molecule has 0 unspecified atom stereocenters.